The molecule has 25 heavy (non-hydrogen) atoms. The Balaban J connectivity index is 2.44. The lowest BCUT2D eigenvalue weighted by atomic mass is 10.0. The van der Waals surface area contributed by atoms with E-state index in [0.717, 1.165) is 10.7 Å². The van der Waals surface area contributed by atoms with Gasteiger partial charge in [0.15, 0.2) is 10.8 Å². The van der Waals surface area contributed by atoms with Crippen molar-refractivity contribution in [2.24, 2.45) is 5.92 Å². The van der Waals surface area contributed by atoms with Crippen LogP contribution in [0.2, 0.25) is 0 Å². The zero-order chi connectivity index (χ0) is 18.4. The van der Waals surface area contributed by atoms with Gasteiger partial charge in [-0.25, -0.2) is 9.29 Å². The molecule has 1 aliphatic rings. The number of amides is 1. The normalized spacial score (nSPS) is 19.9. The van der Waals surface area contributed by atoms with Gasteiger partial charge < -0.3 is 5.32 Å². The Hall–Kier alpha value is -1.80. The lowest BCUT2D eigenvalue weighted by molar-refractivity contribution is -0.134. The summed E-state index contributed by atoms with van der Waals surface area (Å²) in [6.07, 6.45) is 3.15. The molecule has 1 unspecified atom stereocenters. The molecule has 8 heteroatoms. The van der Waals surface area contributed by atoms with Gasteiger partial charge in [-0.2, -0.15) is 8.42 Å². The van der Waals surface area contributed by atoms with Crippen LogP contribution in [0.3, 0.4) is 0 Å². The van der Waals surface area contributed by atoms with Crippen LogP contribution in [0.25, 0.3) is 0 Å². The highest BCUT2D eigenvalue weighted by atomic mass is 32.2. The third-order valence-corrected chi connectivity index (χ3v) is 6.16. The first-order valence-corrected chi connectivity index (χ1v) is 10.0. The first-order valence-electron chi connectivity index (χ1n) is 8.59. The molecule has 0 saturated carbocycles. The van der Waals surface area contributed by atoms with Crippen molar-refractivity contribution in [1.82, 2.24) is 14.6 Å². The van der Waals surface area contributed by atoms with Crippen LogP contribution >= 0.6 is 0 Å². The second-order valence-corrected chi connectivity index (χ2v) is 8.14. The average molecular weight is 367 g/mol. The lowest BCUT2D eigenvalue weighted by Gasteiger charge is -2.29. The summed E-state index contributed by atoms with van der Waals surface area (Å²) in [7, 11) is -4.18. The predicted octanol–water partition coefficient (Wildman–Crippen LogP) is 1.36. The molecule has 1 aromatic rings. The molecule has 138 valence electrons. The number of rotatable bonds is 6. The van der Waals surface area contributed by atoms with Gasteiger partial charge in [-0.15, -0.1) is 0 Å². The Morgan fingerprint density at radius 1 is 1.44 bits per heavy atom. The summed E-state index contributed by atoms with van der Waals surface area (Å²) in [6, 6.07) is 3.52. The van der Waals surface area contributed by atoms with Gasteiger partial charge in [-0.3, -0.25) is 9.59 Å². The van der Waals surface area contributed by atoms with E-state index in [4.69, 9.17) is 0 Å². The summed E-state index contributed by atoms with van der Waals surface area (Å²) in [5.74, 6) is -0.789. The highest BCUT2D eigenvalue weighted by Crippen LogP contribution is 2.23. The van der Waals surface area contributed by atoms with E-state index in [1.165, 1.54) is 12.3 Å². The third-order valence-electron chi connectivity index (χ3n) is 4.41. The van der Waals surface area contributed by atoms with E-state index in [-0.39, 0.29) is 29.7 Å². The highest BCUT2D eigenvalue weighted by Gasteiger charge is 2.40. The number of pyridine rings is 1. The molecule has 0 bridgehead atoms. The fourth-order valence-corrected chi connectivity index (χ4v) is 4.31. The van der Waals surface area contributed by atoms with Crippen molar-refractivity contribution < 1.29 is 18.0 Å². The Morgan fingerprint density at radius 3 is 2.84 bits per heavy atom. The molecule has 1 aromatic heterocycles. The van der Waals surface area contributed by atoms with Gasteiger partial charge >= 0.3 is 0 Å². The predicted molar refractivity (Wildman–Crippen MR) is 93.2 cm³/mol. The molecular formula is C17H25N3O4S. The second-order valence-electron chi connectivity index (χ2n) is 6.38. The highest BCUT2D eigenvalue weighted by molar-refractivity contribution is 7.89. The molecule has 1 aliphatic heterocycles. The number of hydrogen-bond acceptors (Lipinski definition) is 6. The van der Waals surface area contributed by atoms with E-state index in [1.54, 1.807) is 12.1 Å². The fraction of sp³-hybridized carbons (Fsp3) is 0.588. The number of Topliss-reactive ketones (excluding diaryl/α,β-unsaturated/α-hetero) is 1. The van der Waals surface area contributed by atoms with Gasteiger partial charge in [0.05, 0.1) is 6.54 Å². The summed E-state index contributed by atoms with van der Waals surface area (Å²) in [5.41, 5.74) is 0. The Kier molecular flexibility index (Phi) is 6.66. The number of nitrogens with one attached hydrogen (secondary N) is 1. The topological polar surface area (TPSA) is 96.4 Å². The SMILES string of the molecule is CCC(C)CC(=O)N([C@H]1CCCNCC1=O)S(=O)(=O)c1ccccn1. The molecule has 2 rings (SSSR count). The molecule has 0 radical (unpaired) electrons. The summed E-state index contributed by atoms with van der Waals surface area (Å²) >= 11 is 0. The molecule has 0 aromatic carbocycles. The van der Waals surface area contributed by atoms with E-state index < -0.39 is 22.0 Å². The van der Waals surface area contributed by atoms with Gasteiger partial charge in [0.1, 0.15) is 6.04 Å². The van der Waals surface area contributed by atoms with Crippen molar-refractivity contribution in [3.8, 4) is 0 Å². The first kappa shape index (κ1) is 19.5. The average Bonchev–Trinajstić information content (AvgIpc) is 2.80. The molecule has 2 atom stereocenters. The number of sulfonamides is 1. The second kappa shape index (κ2) is 8.53. The third kappa shape index (κ3) is 4.64. The van der Waals surface area contributed by atoms with Crippen LogP contribution in [0.4, 0.5) is 0 Å². The molecule has 0 aliphatic carbocycles. The van der Waals surface area contributed by atoms with Gasteiger partial charge in [-0.1, -0.05) is 26.3 Å². The molecular weight excluding hydrogens is 342 g/mol. The zero-order valence-electron chi connectivity index (χ0n) is 14.6. The van der Waals surface area contributed by atoms with Gasteiger partial charge in [0.25, 0.3) is 10.0 Å². The van der Waals surface area contributed by atoms with Crippen LogP contribution in [-0.4, -0.2) is 48.5 Å². The number of ketones is 1. The van der Waals surface area contributed by atoms with Crippen molar-refractivity contribution in [1.29, 1.82) is 0 Å². The van der Waals surface area contributed by atoms with E-state index in [9.17, 15) is 18.0 Å². The van der Waals surface area contributed by atoms with Crippen LogP contribution < -0.4 is 5.32 Å². The number of carbonyl (C=O) groups is 2. The summed E-state index contributed by atoms with van der Waals surface area (Å²) < 4.78 is 26.9. The van der Waals surface area contributed by atoms with Crippen molar-refractivity contribution in [3.63, 3.8) is 0 Å². The zero-order valence-corrected chi connectivity index (χ0v) is 15.5. The molecule has 2 heterocycles. The van der Waals surface area contributed by atoms with E-state index in [2.05, 4.69) is 10.3 Å². The van der Waals surface area contributed by atoms with Crippen molar-refractivity contribution in [2.75, 3.05) is 13.1 Å². The molecule has 7 nitrogen and oxygen atoms in total. The molecule has 1 N–H and O–H groups in total. The Morgan fingerprint density at radius 2 is 2.20 bits per heavy atom. The summed E-state index contributed by atoms with van der Waals surface area (Å²) in [4.78, 5) is 29.2. The largest absolute Gasteiger partial charge is 0.310 e. The summed E-state index contributed by atoms with van der Waals surface area (Å²) in [5, 5.41) is 2.76. The minimum Gasteiger partial charge on any atom is -0.310 e. The maximum atomic E-state index is 13.1. The van der Waals surface area contributed by atoms with Gasteiger partial charge in [0.2, 0.25) is 5.91 Å². The molecule has 1 saturated heterocycles. The number of hydrogen-bond donors (Lipinski definition) is 1. The monoisotopic (exact) mass is 367 g/mol. The molecule has 0 spiro atoms. The fourth-order valence-electron chi connectivity index (χ4n) is 2.77. The van der Waals surface area contributed by atoms with Gasteiger partial charge in [-0.05, 0) is 37.4 Å². The van der Waals surface area contributed by atoms with E-state index in [1.807, 2.05) is 13.8 Å². The Bertz CT molecular complexity index is 706. The number of nitrogens with zero attached hydrogens (tertiary/aromatic N) is 2. The minimum absolute atomic E-state index is 0.0351. The Labute approximate surface area is 148 Å². The quantitative estimate of drug-likeness (QED) is 0.815. The van der Waals surface area contributed by atoms with Crippen LogP contribution in [0.15, 0.2) is 29.4 Å². The standard InChI is InChI=1S/C17H25N3O4S/c1-3-13(2)11-17(22)20(14-7-6-9-18-12-15(14)21)25(23,24)16-8-4-5-10-19-16/h4-5,8,10,13-14,18H,3,6-7,9,11-12H2,1-2H3/t13?,14-/m0/s1. The maximum Gasteiger partial charge on any atom is 0.284 e. The number of carbonyl (C=O) groups excluding carboxylic acids is 2. The molecule has 1 amide bonds. The maximum absolute atomic E-state index is 13.1. The van der Waals surface area contributed by atoms with E-state index in [0.29, 0.717) is 19.4 Å². The first-order chi connectivity index (χ1) is 11.9. The minimum atomic E-state index is -4.18. The number of aromatic nitrogens is 1. The van der Waals surface area contributed by atoms with Crippen LogP contribution in [0.1, 0.15) is 39.5 Å². The van der Waals surface area contributed by atoms with Crippen molar-refractivity contribution in [2.45, 2.75) is 50.6 Å². The van der Waals surface area contributed by atoms with Crippen LogP contribution in [0, 0.1) is 5.92 Å². The lowest BCUT2D eigenvalue weighted by Crippen LogP contribution is -2.50. The smallest absolute Gasteiger partial charge is 0.284 e. The van der Waals surface area contributed by atoms with Gasteiger partial charge in [0, 0.05) is 12.6 Å². The van der Waals surface area contributed by atoms with Crippen molar-refractivity contribution >= 4 is 21.7 Å². The summed E-state index contributed by atoms with van der Waals surface area (Å²) in [6.45, 7) is 4.52. The van der Waals surface area contributed by atoms with Crippen LogP contribution in [0.5, 0.6) is 0 Å². The van der Waals surface area contributed by atoms with Crippen molar-refractivity contribution in [3.05, 3.63) is 24.4 Å². The van der Waals surface area contributed by atoms with E-state index >= 15 is 0 Å². The van der Waals surface area contributed by atoms with Crippen LogP contribution in [-0.2, 0) is 19.6 Å². The molecule has 1 fully saturated rings.